The van der Waals surface area contributed by atoms with Crippen LogP contribution in [0.5, 0.6) is 0 Å². The predicted molar refractivity (Wildman–Crippen MR) is 89.6 cm³/mol. The zero-order valence-corrected chi connectivity index (χ0v) is 13.5. The lowest BCUT2D eigenvalue weighted by Gasteiger charge is -2.17. The Balaban J connectivity index is 2.21. The molecule has 3 rings (SSSR count). The van der Waals surface area contributed by atoms with E-state index in [4.69, 9.17) is 0 Å². The first kappa shape index (κ1) is 14.5. The Morgan fingerprint density at radius 3 is 2.32 bits per heavy atom. The van der Waals surface area contributed by atoms with Crippen LogP contribution in [-0.2, 0) is 6.54 Å². The average molecular weight is 292 g/mol. The molecular formula is C19H20N2O. The van der Waals surface area contributed by atoms with E-state index in [1.807, 2.05) is 28.8 Å². The second kappa shape index (κ2) is 5.41. The maximum atomic E-state index is 11.4. The summed E-state index contributed by atoms with van der Waals surface area (Å²) in [6.45, 7) is 9.25. The van der Waals surface area contributed by atoms with Crippen LogP contribution in [0.3, 0.4) is 0 Å². The van der Waals surface area contributed by atoms with Crippen molar-refractivity contribution in [2.24, 2.45) is 0 Å². The van der Waals surface area contributed by atoms with Crippen molar-refractivity contribution < 1.29 is 4.79 Å². The molecule has 0 N–H and O–H groups in total. The summed E-state index contributed by atoms with van der Waals surface area (Å²) in [6.07, 6.45) is 0.841. The molecule has 0 amide bonds. The molecular weight excluding hydrogens is 272 g/mol. The van der Waals surface area contributed by atoms with Crippen molar-refractivity contribution in [3.05, 3.63) is 64.0 Å². The predicted octanol–water partition coefficient (Wildman–Crippen LogP) is 4.13. The van der Waals surface area contributed by atoms with Crippen molar-refractivity contribution >= 4 is 17.3 Å². The van der Waals surface area contributed by atoms with E-state index in [2.05, 4.69) is 38.7 Å². The summed E-state index contributed by atoms with van der Waals surface area (Å²) >= 11 is 0. The van der Waals surface area contributed by atoms with Crippen molar-refractivity contribution in [3.63, 3.8) is 0 Å². The van der Waals surface area contributed by atoms with Gasteiger partial charge in [-0.05, 0) is 67.6 Å². The minimum atomic E-state index is 0.485. The van der Waals surface area contributed by atoms with Crippen LogP contribution in [0, 0.1) is 27.7 Å². The number of benzene rings is 2. The summed E-state index contributed by atoms with van der Waals surface area (Å²) in [5.41, 5.74) is 8.30. The molecule has 0 atom stereocenters. The Morgan fingerprint density at radius 1 is 1.05 bits per heavy atom. The molecule has 0 spiro atoms. The van der Waals surface area contributed by atoms with E-state index < -0.39 is 0 Å². The van der Waals surface area contributed by atoms with Gasteiger partial charge in [0.1, 0.15) is 0 Å². The molecule has 3 aromatic rings. The van der Waals surface area contributed by atoms with Crippen LogP contribution >= 0.6 is 0 Å². The van der Waals surface area contributed by atoms with Crippen molar-refractivity contribution in [3.8, 4) is 0 Å². The van der Waals surface area contributed by atoms with Gasteiger partial charge < -0.3 is 4.57 Å². The van der Waals surface area contributed by atoms with Crippen LogP contribution in [0.4, 0.5) is 0 Å². The summed E-state index contributed by atoms with van der Waals surface area (Å²) in [6, 6.07) is 10.1. The highest BCUT2D eigenvalue weighted by atomic mass is 16.1. The van der Waals surface area contributed by atoms with Crippen LogP contribution in [-0.4, -0.2) is 15.8 Å². The fraction of sp³-hybridized carbons (Fsp3) is 0.263. The van der Waals surface area contributed by atoms with Gasteiger partial charge in [0.2, 0.25) is 0 Å². The Morgan fingerprint density at radius 2 is 1.68 bits per heavy atom. The molecule has 0 saturated heterocycles. The minimum absolute atomic E-state index is 0.485. The van der Waals surface area contributed by atoms with Gasteiger partial charge in [-0.15, -0.1) is 0 Å². The molecule has 1 heterocycles. The second-order valence-electron chi connectivity index (χ2n) is 5.90. The number of rotatable bonds is 3. The van der Waals surface area contributed by atoms with E-state index >= 15 is 0 Å². The fourth-order valence-corrected chi connectivity index (χ4v) is 3.04. The minimum Gasteiger partial charge on any atom is -0.317 e. The van der Waals surface area contributed by atoms with E-state index in [1.54, 1.807) is 0 Å². The van der Waals surface area contributed by atoms with Gasteiger partial charge in [-0.3, -0.25) is 4.79 Å². The summed E-state index contributed by atoms with van der Waals surface area (Å²) in [5, 5.41) is 0. The number of imidazole rings is 1. The lowest BCUT2D eigenvalue weighted by molar-refractivity contribution is 0.111. The molecule has 0 unspecified atom stereocenters. The van der Waals surface area contributed by atoms with Gasteiger partial charge in [-0.2, -0.15) is 0 Å². The number of para-hydroxylation sites is 2. The zero-order valence-electron chi connectivity index (χ0n) is 13.5. The summed E-state index contributed by atoms with van der Waals surface area (Å²) in [5.74, 6) is 0.485. The van der Waals surface area contributed by atoms with Crippen LogP contribution in [0.2, 0.25) is 0 Å². The number of carbonyl (C=O) groups is 1. The molecule has 0 aliphatic rings. The summed E-state index contributed by atoms with van der Waals surface area (Å²) in [7, 11) is 0. The molecule has 2 aromatic carbocycles. The number of nitrogens with zero attached hydrogens (tertiary/aromatic N) is 2. The molecule has 0 radical (unpaired) electrons. The topological polar surface area (TPSA) is 34.9 Å². The van der Waals surface area contributed by atoms with Crippen LogP contribution in [0.1, 0.15) is 38.4 Å². The molecule has 0 aliphatic carbocycles. The third kappa shape index (κ3) is 2.23. The standard InChI is InChI=1S/C19H20N2O/c1-12-9-13(2)15(4)16(14(12)3)10-21-18-8-6-5-7-17(18)20-19(21)11-22/h5-9,11H,10H2,1-4H3. The van der Waals surface area contributed by atoms with Gasteiger partial charge >= 0.3 is 0 Å². The smallest absolute Gasteiger partial charge is 0.185 e. The lowest BCUT2D eigenvalue weighted by Crippen LogP contribution is -2.09. The number of hydrogen-bond donors (Lipinski definition) is 0. The molecule has 0 saturated carbocycles. The molecule has 0 fully saturated rings. The molecule has 22 heavy (non-hydrogen) atoms. The Labute approximate surface area is 130 Å². The monoisotopic (exact) mass is 292 g/mol. The maximum absolute atomic E-state index is 11.4. The van der Waals surface area contributed by atoms with Gasteiger partial charge in [0, 0.05) is 0 Å². The van der Waals surface area contributed by atoms with Crippen molar-refractivity contribution in [1.82, 2.24) is 9.55 Å². The molecule has 3 heteroatoms. The van der Waals surface area contributed by atoms with Gasteiger partial charge in [0.15, 0.2) is 12.1 Å². The highest BCUT2D eigenvalue weighted by molar-refractivity contribution is 5.83. The molecule has 1 aromatic heterocycles. The second-order valence-corrected chi connectivity index (χ2v) is 5.90. The third-order valence-corrected chi connectivity index (χ3v) is 4.63. The molecule has 0 aliphatic heterocycles. The first-order chi connectivity index (χ1) is 10.5. The Kier molecular flexibility index (Phi) is 3.57. The number of hydrogen-bond acceptors (Lipinski definition) is 2. The molecule has 3 nitrogen and oxygen atoms in total. The van der Waals surface area contributed by atoms with Crippen molar-refractivity contribution in [2.75, 3.05) is 0 Å². The summed E-state index contributed by atoms with van der Waals surface area (Å²) in [4.78, 5) is 15.8. The highest BCUT2D eigenvalue weighted by Gasteiger charge is 2.14. The van der Waals surface area contributed by atoms with E-state index in [1.165, 1.54) is 27.8 Å². The quantitative estimate of drug-likeness (QED) is 0.680. The van der Waals surface area contributed by atoms with Crippen molar-refractivity contribution in [1.29, 1.82) is 0 Å². The van der Waals surface area contributed by atoms with Gasteiger partial charge in [-0.1, -0.05) is 18.2 Å². The average Bonchev–Trinajstić information content (AvgIpc) is 2.87. The van der Waals surface area contributed by atoms with Gasteiger partial charge in [0.05, 0.1) is 17.6 Å². The van der Waals surface area contributed by atoms with E-state index in [0.29, 0.717) is 12.4 Å². The van der Waals surface area contributed by atoms with Crippen LogP contribution in [0.15, 0.2) is 30.3 Å². The highest BCUT2D eigenvalue weighted by Crippen LogP contribution is 2.25. The summed E-state index contributed by atoms with van der Waals surface area (Å²) < 4.78 is 2.01. The number of aromatic nitrogens is 2. The Hall–Kier alpha value is -2.42. The van der Waals surface area contributed by atoms with Gasteiger partial charge in [-0.25, -0.2) is 4.98 Å². The fourth-order valence-electron chi connectivity index (χ4n) is 3.04. The molecule has 112 valence electrons. The van der Waals surface area contributed by atoms with Crippen molar-refractivity contribution in [2.45, 2.75) is 34.2 Å². The largest absolute Gasteiger partial charge is 0.317 e. The number of carbonyl (C=O) groups excluding carboxylic acids is 1. The first-order valence-electron chi connectivity index (χ1n) is 7.49. The first-order valence-corrected chi connectivity index (χ1v) is 7.49. The number of aryl methyl sites for hydroxylation is 2. The number of aldehydes is 1. The van der Waals surface area contributed by atoms with Crippen LogP contribution < -0.4 is 0 Å². The van der Waals surface area contributed by atoms with Crippen LogP contribution in [0.25, 0.3) is 11.0 Å². The van der Waals surface area contributed by atoms with E-state index in [-0.39, 0.29) is 0 Å². The number of fused-ring (bicyclic) bond motifs is 1. The molecule has 0 bridgehead atoms. The SMILES string of the molecule is Cc1cc(C)c(C)c(Cn2c(C=O)nc3ccccc32)c1C. The zero-order chi connectivity index (χ0) is 15.9. The Bertz CT molecular complexity index is 849. The normalized spacial score (nSPS) is 11.1. The third-order valence-electron chi connectivity index (χ3n) is 4.63. The maximum Gasteiger partial charge on any atom is 0.185 e. The van der Waals surface area contributed by atoms with E-state index in [0.717, 1.165) is 17.3 Å². The van der Waals surface area contributed by atoms with E-state index in [9.17, 15) is 4.79 Å². The van der Waals surface area contributed by atoms with Gasteiger partial charge in [0.25, 0.3) is 0 Å². The lowest BCUT2D eigenvalue weighted by atomic mass is 9.94.